The topological polar surface area (TPSA) is 56.7 Å². The summed E-state index contributed by atoms with van der Waals surface area (Å²) in [7, 11) is 0. The van der Waals surface area contributed by atoms with E-state index in [9.17, 15) is 0 Å². The monoisotopic (exact) mass is 500 g/mol. The Hall–Kier alpha value is -1.42. The molecule has 0 unspecified atom stereocenters. The van der Waals surface area contributed by atoms with Crippen LogP contribution in [0.25, 0.3) is 0 Å². The quantitative estimate of drug-likeness (QED) is 0.387. The summed E-state index contributed by atoms with van der Waals surface area (Å²) < 4.78 is 0. The summed E-state index contributed by atoms with van der Waals surface area (Å²) in [5, 5.41) is 6.73. The zero-order valence-corrected chi connectivity index (χ0v) is 19.4. The summed E-state index contributed by atoms with van der Waals surface area (Å²) in [6, 6.07) is 6.07. The molecule has 6 nitrogen and oxygen atoms in total. The number of guanidine groups is 1. The molecule has 0 aliphatic carbocycles. The molecule has 1 aliphatic rings. The lowest BCUT2D eigenvalue weighted by molar-refractivity contribution is 0.371. The fraction of sp³-hybridized carbons (Fsp3) is 0.526. The normalized spacial score (nSPS) is 15.0. The summed E-state index contributed by atoms with van der Waals surface area (Å²) in [4.78, 5) is 18.6. The third-order valence-electron chi connectivity index (χ3n) is 4.34. The molecule has 1 saturated heterocycles. The molecule has 0 radical (unpaired) electrons. The average molecular weight is 500 g/mol. The van der Waals surface area contributed by atoms with Crippen molar-refractivity contribution in [2.24, 2.45) is 4.99 Å². The van der Waals surface area contributed by atoms with E-state index in [0.29, 0.717) is 12.5 Å². The first-order valence-corrected chi connectivity index (χ1v) is 10.2. The van der Waals surface area contributed by atoms with Gasteiger partial charge in [-0.05, 0) is 19.1 Å². The van der Waals surface area contributed by atoms with Gasteiger partial charge in [0.1, 0.15) is 5.82 Å². The van der Waals surface area contributed by atoms with Crippen molar-refractivity contribution in [2.75, 3.05) is 37.6 Å². The van der Waals surface area contributed by atoms with Gasteiger partial charge in [0.05, 0.1) is 17.2 Å². The van der Waals surface area contributed by atoms with E-state index in [2.05, 4.69) is 57.3 Å². The second-order valence-electron chi connectivity index (χ2n) is 6.66. The second-order valence-corrected chi connectivity index (χ2v) is 7.55. The molecule has 1 aliphatic heterocycles. The number of nitrogens with zero attached hydrogens (tertiary/aromatic N) is 5. The van der Waals surface area contributed by atoms with Crippen LogP contribution in [0.1, 0.15) is 37.4 Å². The van der Waals surface area contributed by atoms with Gasteiger partial charge in [-0.1, -0.05) is 19.9 Å². The van der Waals surface area contributed by atoms with Crippen LogP contribution in [0, 0.1) is 0 Å². The van der Waals surface area contributed by atoms with Crippen LogP contribution in [0.15, 0.2) is 34.8 Å². The molecule has 0 aromatic carbocycles. The minimum absolute atomic E-state index is 0. The van der Waals surface area contributed by atoms with Gasteiger partial charge in [-0.15, -0.1) is 35.3 Å². The minimum atomic E-state index is 0. The third-order valence-corrected chi connectivity index (χ3v) is 5.54. The number of anilines is 1. The van der Waals surface area contributed by atoms with Crippen LogP contribution in [0.4, 0.5) is 5.82 Å². The second kappa shape index (κ2) is 10.8. The molecule has 3 heterocycles. The van der Waals surface area contributed by atoms with E-state index in [0.717, 1.165) is 50.2 Å². The Morgan fingerprint density at radius 2 is 2.04 bits per heavy atom. The van der Waals surface area contributed by atoms with E-state index >= 15 is 0 Å². The molecule has 0 bridgehead atoms. The van der Waals surface area contributed by atoms with Crippen molar-refractivity contribution < 1.29 is 0 Å². The molecule has 1 fully saturated rings. The van der Waals surface area contributed by atoms with Crippen LogP contribution >= 0.6 is 35.3 Å². The molecule has 0 spiro atoms. The predicted octanol–water partition coefficient (Wildman–Crippen LogP) is 3.57. The summed E-state index contributed by atoms with van der Waals surface area (Å²) in [5.74, 6) is 2.51. The molecule has 3 rings (SSSR count). The van der Waals surface area contributed by atoms with Crippen molar-refractivity contribution in [1.29, 1.82) is 0 Å². The number of hydrogen-bond donors (Lipinski definition) is 1. The summed E-state index contributed by atoms with van der Waals surface area (Å²) >= 11 is 1.73. The lowest BCUT2D eigenvalue weighted by atomic mass is 10.2. The Morgan fingerprint density at radius 3 is 2.63 bits per heavy atom. The Bertz CT molecular complexity index is 710. The van der Waals surface area contributed by atoms with Gasteiger partial charge in [-0.2, -0.15) is 0 Å². The smallest absolute Gasteiger partial charge is 0.194 e. The van der Waals surface area contributed by atoms with Gasteiger partial charge in [-0.25, -0.2) is 15.0 Å². The molecule has 0 amide bonds. The number of aromatic nitrogens is 2. The highest BCUT2D eigenvalue weighted by Gasteiger charge is 2.20. The molecule has 0 saturated carbocycles. The van der Waals surface area contributed by atoms with Gasteiger partial charge in [0.15, 0.2) is 5.96 Å². The number of hydrogen-bond acceptors (Lipinski definition) is 5. The first-order chi connectivity index (χ1) is 12.7. The van der Waals surface area contributed by atoms with E-state index in [4.69, 9.17) is 4.99 Å². The van der Waals surface area contributed by atoms with Gasteiger partial charge >= 0.3 is 0 Å². The SMILES string of the molecule is CCNC(=NCc1csc(C(C)C)n1)N1CCN(c2ccccn2)CC1.I. The van der Waals surface area contributed by atoms with Gasteiger partial charge in [0, 0.05) is 50.2 Å². The van der Waals surface area contributed by atoms with Gasteiger partial charge < -0.3 is 15.1 Å². The number of aliphatic imine (C=N–C) groups is 1. The average Bonchev–Trinajstić information content (AvgIpc) is 3.15. The van der Waals surface area contributed by atoms with Gasteiger partial charge in [0.2, 0.25) is 0 Å². The number of halogens is 1. The summed E-state index contributed by atoms with van der Waals surface area (Å²) in [6.07, 6.45) is 1.85. The van der Waals surface area contributed by atoms with Crippen molar-refractivity contribution in [3.8, 4) is 0 Å². The van der Waals surface area contributed by atoms with Crippen molar-refractivity contribution in [2.45, 2.75) is 33.2 Å². The highest BCUT2D eigenvalue weighted by Crippen LogP contribution is 2.19. The fourth-order valence-electron chi connectivity index (χ4n) is 2.93. The highest BCUT2D eigenvalue weighted by molar-refractivity contribution is 14.0. The minimum Gasteiger partial charge on any atom is -0.357 e. The molecule has 8 heteroatoms. The van der Waals surface area contributed by atoms with Gasteiger partial charge in [-0.3, -0.25) is 0 Å². The number of piperazine rings is 1. The van der Waals surface area contributed by atoms with Crippen molar-refractivity contribution >= 4 is 47.1 Å². The number of nitrogens with one attached hydrogen (secondary N) is 1. The third kappa shape index (κ3) is 6.03. The van der Waals surface area contributed by atoms with Crippen molar-refractivity contribution in [3.05, 3.63) is 40.5 Å². The van der Waals surface area contributed by atoms with Crippen molar-refractivity contribution in [1.82, 2.24) is 20.2 Å². The maximum Gasteiger partial charge on any atom is 0.194 e. The van der Waals surface area contributed by atoms with E-state index < -0.39 is 0 Å². The Morgan fingerprint density at radius 1 is 1.26 bits per heavy atom. The van der Waals surface area contributed by atoms with Crippen LogP contribution in [0.3, 0.4) is 0 Å². The Kier molecular flexibility index (Phi) is 8.75. The Labute approximate surface area is 183 Å². The van der Waals surface area contributed by atoms with Crippen LogP contribution in [0.5, 0.6) is 0 Å². The largest absolute Gasteiger partial charge is 0.357 e. The number of rotatable bonds is 5. The lowest BCUT2D eigenvalue weighted by Crippen LogP contribution is -2.52. The predicted molar refractivity (Wildman–Crippen MR) is 124 cm³/mol. The zero-order valence-electron chi connectivity index (χ0n) is 16.3. The van der Waals surface area contributed by atoms with Crippen LogP contribution in [0.2, 0.25) is 0 Å². The van der Waals surface area contributed by atoms with Crippen LogP contribution < -0.4 is 10.2 Å². The maximum atomic E-state index is 4.82. The van der Waals surface area contributed by atoms with E-state index in [1.165, 1.54) is 5.01 Å². The zero-order chi connectivity index (χ0) is 18.4. The molecule has 1 N–H and O–H groups in total. The fourth-order valence-corrected chi connectivity index (χ4v) is 3.76. The first-order valence-electron chi connectivity index (χ1n) is 9.31. The molecule has 27 heavy (non-hydrogen) atoms. The number of thiazole rings is 1. The van der Waals surface area contributed by atoms with E-state index in [1.54, 1.807) is 11.3 Å². The summed E-state index contributed by atoms with van der Waals surface area (Å²) in [6.45, 7) is 11.8. The Balaban J connectivity index is 0.00000261. The maximum absolute atomic E-state index is 4.82. The molecule has 2 aromatic rings. The van der Waals surface area contributed by atoms with Crippen molar-refractivity contribution in [3.63, 3.8) is 0 Å². The summed E-state index contributed by atoms with van der Waals surface area (Å²) in [5.41, 5.74) is 1.06. The molecule has 2 aromatic heterocycles. The van der Waals surface area contributed by atoms with Gasteiger partial charge in [0.25, 0.3) is 0 Å². The molecular weight excluding hydrogens is 471 g/mol. The molecule has 148 valence electrons. The van der Waals surface area contributed by atoms with E-state index in [-0.39, 0.29) is 24.0 Å². The molecular formula is C19H29IN6S. The first kappa shape index (κ1) is 21.9. The van der Waals surface area contributed by atoms with E-state index in [1.807, 2.05) is 18.3 Å². The number of pyridine rings is 1. The highest BCUT2D eigenvalue weighted by atomic mass is 127. The standard InChI is InChI=1S/C19H28N6S.HI/c1-4-20-19(22-13-16-14-26-18(23-16)15(2)3)25-11-9-24(10-12-25)17-7-5-6-8-21-17;/h5-8,14-15H,4,9-13H2,1-3H3,(H,20,22);1H. The van der Waals surface area contributed by atoms with Crippen LogP contribution in [-0.2, 0) is 6.54 Å². The van der Waals surface area contributed by atoms with Crippen LogP contribution in [-0.4, -0.2) is 53.6 Å². The molecule has 0 atom stereocenters. The lowest BCUT2D eigenvalue weighted by Gasteiger charge is -2.37.